The van der Waals surface area contributed by atoms with Crippen molar-refractivity contribution in [2.45, 2.75) is 65.4 Å². The van der Waals surface area contributed by atoms with Crippen LogP contribution in [0.5, 0.6) is 0 Å². The normalized spacial score (nSPS) is 12.8. The molecule has 126 valence electrons. The Morgan fingerprint density at radius 2 is 1.78 bits per heavy atom. The average Bonchev–Trinajstić information content (AvgIpc) is 2.40. The first-order valence-electron chi connectivity index (χ1n) is 8.13. The van der Waals surface area contributed by atoms with E-state index in [9.17, 15) is 4.79 Å². The van der Waals surface area contributed by atoms with E-state index in [1.54, 1.807) is 0 Å². The number of rotatable bonds is 3. The van der Waals surface area contributed by atoms with Crippen LogP contribution in [-0.4, -0.2) is 19.8 Å². The molecule has 23 heavy (non-hydrogen) atoms. The van der Waals surface area contributed by atoms with Crippen molar-refractivity contribution in [1.82, 2.24) is 5.32 Å². The quantitative estimate of drug-likeness (QED) is 0.632. The molecule has 0 aliphatic heterocycles. The lowest BCUT2D eigenvalue weighted by Crippen LogP contribution is -2.34. The number of hydrogen-bond acceptors (Lipinski definition) is 2. The fraction of sp³-hybridized carbons (Fsp3) is 0.526. The second-order valence-electron chi connectivity index (χ2n) is 7.73. The molecule has 1 aromatic rings. The van der Waals surface area contributed by atoms with Gasteiger partial charge >= 0.3 is 6.09 Å². The third-order valence-electron chi connectivity index (χ3n) is 2.99. The van der Waals surface area contributed by atoms with Crippen molar-refractivity contribution >= 4 is 14.2 Å². The molecule has 0 unspecified atom stereocenters. The van der Waals surface area contributed by atoms with Gasteiger partial charge in [-0.3, -0.25) is 0 Å². The van der Waals surface area contributed by atoms with Crippen LogP contribution >= 0.6 is 0 Å². The van der Waals surface area contributed by atoms with Crippen LogP contribution in [0.25, 0.3) is 0 Å². The Morgan fingerprint density at radius 1 is 1.22 bits per heavy atom. The van der Waals surface area contributed by atoms with Crippen LogP contribution in [0.15, 0.2) is 24.3 Å². The Kier molecular flexibility index (Phi) is 6.46. The maximum Gasteiger partial charge on any atom is 0.408 e. The molecule has 0 aliphatic rings. The molecule has 0 aromatic heterocycles. The van der Waals surface area contributed by atoms with E-state index in [0.29, 0.717) is 0 Å². The van der Waals surface area contributed by atoms with Crippen molar-refractivity contribution in [3.05, 3.63) is 35.4 Å². The second-order valence-corrected chi connectivity index (χ2v) is 12.5. The summed E-state index contributed by atoms with van der Waals surface area (Å²) < 4.78 is 5.32. The topological polar surface area (TPSA) is 38.3 Å². The van der Waals surface area contributed by atoms with Crippen molar-refractivity contribution in [2.24, 2.45) is 0 Å². The van der Waals surface area contributed by atoms with Crippen molar-refractivity contribution in [3.63, 3.8) is 0 Å². The second kappa shape index (κ2) is 7.70. The Morgan fingerprint density at radius 3 is 2.22 bits per heavy atom. The third-order valence-corrected chi connectivity index (χ3v) is 3.87. The van der Waals surface area contributed by atoms with Crippen LogP contribution in [0.1, 0.15) is 51.3 Å². The third kappa shape index (κ3) is 7.90. The maximum atomic E-state index is 11.9. The number of ether oxygens (including phenoxy) is 1. The Hall–Kier alpha value is -1.73. The molecule has 0 aliphatic carbocycles. The molecule has 0 fully saturated rings. The molecule has 0 heterocycles. The highest BCUT2D eigenvalue weighted by molar-refractivity contribution is 6.83. The summed E-state index contributed by atoms with van der Waals surface area (Å²) in [6.45, 7) is 14.3. The molecule has 1 rings (SSSR count). The molecule has 1 N–H and O–H groups in total. The zero-order valence-corrected chi connectivity index (χ0v) is 16.4. The highest BCUT2D eigenvalue weighted by atomic mass is 28.3. The first-order valence-corrected chi connectivity index (χ1v) is 11.6. The molecular weight excluding hydrogens is 302 g/mol. The van der Waals surface area contributed by atoms with Crippen LogP contribution in [-0.2, 0) is 4.74 Å². The number of hydrogen-bond donors (Lipinski definition) is 1. The van der Waals surface area contributed by atoms with E-state index in [2.05, 4.69) is 36.4 Å². The van der Waals surface area contributed by atoms with Gasteiger partial charge in [0.15, 0.2) is 0 Å². The lowest BCUT2D eigenvalue weighted by atomic mass is 10.0. The summed E-state index contributed by atoms with van der Waals surface area (Å²) in [6, 6.07) is 8.03. The van der Waals surface area contributed by atoms with Gasteiger partial charge in [0.25, 0.3) is 0 Å². The van der Waals surface area contributed by atoms with Gasteiger partial charge in [-0.2, -0.15) is 0 Å². The summed E-state index contributed by atoms with van der Waals surface area (Å²) in [5.74, 6) is 3.24. The van der Waals surface area contributed by atoms with Crippen molar-refractivity contribution in [2.75, 3.05) is 0 Å². The number of alkyl carbamates (subject to hydrolysis) is 1. The molecule has 1 amide bonds. The lowest BCUT2D eigenvalue weighted by molar-refractivity contribution is 0.0502. The number of nitrogens with one attached hydrogen (secondary N) is 1. The van der Waals surface area contributed by atoms with Crippen LogP contribution in [0.4, 0.5) is 4.79 Å². The molecule has 0 radical (unpaired) electrons. The Labute approximate surface area is 141 Å². The van der Waals surface area contributed by atoms with E-state index in [-0.39, 0.29) is 12.1 Å². The maximum absolute atomic E-state index is 11.9. The minimum atomic E-state index is -1.36. The summed E-state index contributed by atoms with van der Waals surface area (Å²) in [7, 11) is -1.36. The van der Waals surface area contributed by atoms with Gasteiger partial charge in [0.2, 0.25) is 0 Å². The number of amides is 1. The highest BCUT2D eigenvalue weighted by Gasteiger charge is 2.19. The summed E-state index contributed by atoms with van der Waals surface area (Å²) in [4.78, 5) is 11.9. The molecule has 0 spiro atoms. The molecule has 3 nitrogen and oxygen atoms in total. The fourth-order valence-electron chi connectivity index (χ4n) is 1.93. The first-order chi connectivity index (χ1) is 10.5. The zero-order chi connectivity index (χ0) is 17.7. The summed E-state index contributed by atoms with van der Waals surface area (Å²) in [6.07, 6.45) is 0.422. The van der Waals surface area contributed by atoms with E-state index in [1.807, 2.05) is 52.0 Å². The molecule has 0 bridgehead atoms. The molecule has 1 atom stereocenters. The standard InChI is InChI=1S/C19H29NO2Si/c1-8-17(20-18(21)22-19(2,3)4)16-11-9-15(10-12-16)13-14-23(5,6)7/h9-12,17H,8H2,1-7H3,(H,20,21)/t17-/m0/s1. The highest BCUT2D eigenvalue weighted by Crippen LogP contribution is 2.18. The van der Waals surface area contributed by atoms with E-state index in [0.717, 1.165) is 17.5 Å². The largest absolute Gasteiger partial charge is 0.444 e. The van der Waals surface area contributed by atoms with E-state index in [4.69, 9.17) is 4.74 Å². The van der Waals surface area contributed by atoms with Crippen LogP contribution in [0.2, 0.25) is 19.6 Å². The molecule has 0 saturated carbocycles. The smallest absolute Gasteiger partial charge is 0.408 e. The van der Waals surface area contributed by atoms with E-state index >= 15 is 0 Å². The zero-order valence-electron chi connectivity index (χ0n) is 15.4. The minimum absolute atomic E-state index is 0.0520. The van der Waals surface area contributed by atoms with Gasteiger partial charge in [-0.15, -0.1) is 5.54 Å². The molecule has 1 aromatic carbocycles. The van der Waals surface area contributed by atoms with Crippen LogP contribution in [0.3, 0.4) is 0 Å². The fourth-order valence-corrected chi connectivity index (χ4v) is 2.45. The lowest BCUT2D eigenvalue weighted by Gasteiger charge is -2.23. The van der Waals surface area contributed by atoms with Crippen LogP contribution in [0, 0.1) is 11.5 Å². The van der Waals surface area contributed by atoms with E-state index in [1.165, 1.54) is 0 Å². The number of carbonyl (C=O) groups is 1. The van der Waals surface area contributed by atoms with Crippen LogP contribution < -0.4 is 5.32 Å². The van der Waals surface area contributed by atoms with Gasteiger partial charge in [-0.25, -0.2) is 4.79 Å². The summed E-state index contributed by atoms with van der Waals surface area (Å²) >= 11 is 0. The van der Waals surface area contributed by atoms with E-state index < -0.39 is 13.7 Å². The Bertz CT molecular complexity index is 583. The predicted octanol–water partition coefficient (Wildman–Crippen LogP) is 4.89. The van der Waals surface area contributed by atoms with Crippen molar-refractivity contribution < 1.29 is 9.53 Å². The van der Waals surface area contributed by atoms with Gasteiger partial charge in [0.1, 0.15) is 13.7 Å². The summed E-state index contributed by atoms with van der Waals surface area (Å²) in [5, 5.41) is 2.92. The van der Waals surface area contributed by atoms with Gasteiger partial charge in [0.05, 0.1) is 6.04 Å². The van der Waals surface area contributed by atoms with Gasteiger partial charge in [-0.05, 0) is 44.9 Å². The minimum Gasteiger partial charge on any atom is -0.444 e. The average molecular weight is 332 g/mol. The SMILES string of the molecule is CC[C@H](NC(=O)OC(C)(C)C)c1ccc(C#C[Si](C)(C)C)cc1. The Balaban J connectivity index is 2.79. The monoisotopic (exact) mass is 331 g/mol. The molecule has 4 heteroatoms. The predicted molar refractivity (Wildman–Crippen MR) is 99.1 cm³/mol. The number of benzene rings is 1. The summed E-state index contributed by atoms with van der Waals surface area (Å²) in [5.41, 5.74) is 4.95. The van der Waals surface area contributed by atoms with Gasteiger partial charge in [0, 0.05) is 5.56 Å². The molecule has 0 saturated heterocycles. The molecular formula is C19H29NO2Si. The first kappa shape index (κ1) is 19.3. The number of carbonyl (C=O) groups excluding carboxylic acids is 1. The van der Waals surface area contributed by atoms with Crippen molar-refractivity contribution in [3.8, 4) is 11.5 Å². The van der Waals surface area contributed by atoms with Gasteiger partial charge < -0.3 is 10.1 Å². The van der Waals surface area contributed by atoms with Crippen molar-refractivity contribution in [1.29, 1.82) is 0 Å². The van der Waals surface area contributed by atoms with Gasteiger partial charge in [-0.1, -0.05) is 44.6 Å².